The predicted molar refractivity (Wildman–Crippen MR) is 530 cm³/mol. The lowest BCUT2D eigenvalue weighted by Gasteiger charge is -2.44. The minimum atomic E-state index is -6.00. The monoisotopic (exact) mass is 1780 g/mol. The first-order chi connectivity index (χ1) is 58.9. The van der Waals surface area contributed by atoms with Gasteiger partial charge in [0.1, 0.15) is 0 Å². The Bertz CT molecular complexity index is 5110. The van der Waals surface area contributed by atoms with Crippen LogP contribution in [0.2, 0.25) is 0 Å². The third-order valence-electron chi connectivity index (χ3n) is 25.7. The van der Waals surface area contributed by atoms with Crippen molar-refractivity contribution in [1.82, 2.24) is 14.0 Å². The number of piperidine rings is 1. The summed E-state index contributed by atoms with van der Waals surface area (Å²) in [7, 11) is -7.72. The number of likely N-dealkylation sites (N-methyl/N-ethyl adjacent to an activating group) is 2. The van der Waals surface area contributed by atoms with E-state index in [9.17, 15) is 34.5 Å². The fraction of sp³-hybridized carbons (Fsp3) is 0.440. The van der Waals surface area contributed by atoms with E-state index in [4.69, 9.17) is 10.2 Å². The van der Waals surface area contributed by atoms with Crippen LogP contribution in [0.3, 0.4) is 0 Å². The van der Waals surface area contributed by atoms with Gasteiger partial charge in [-0.05, 0) is 267 Å². The summed E-state index contributed by atoms with van der Waals surface area (Å²) in [5.41, 5.74) is 24.6. The van der Waals surface area contributed by atoms with Gasteiger partial charge in [0.05, 0.1) is 180 Å². The molecule has 0 bridgehead atoms. The molecular formula is C100H143B2F8N14S2+. The highest BCUT2D eigenvalue weighted by Crippen LogP contribution is 2.53. The van der Waals surface area contributed by atoms with Crippen molar-refractivity contribution >= 4 is 132 Å². The molecule has 4 aliphatic heterocycles. The normalized spacial score (nSPS) is 13.8. The van der Waals surface area contributed by atoms with Crippen LogP contribution in [0.25, 0.3) is 20.4 Å². The number of hydrogen-bond donors (Lipinski definition) is 0. The third-order valence-corrected chi connectivity index (χ3v) is 27.8. The van der Waals surface area contributed by atoms with E-state index in [-0.39, 0.29) is 22.3 Å². The number of nitrogens with zero attached hydrogens (tertiary/aromatic N) is 14. The van der Waals surface area contributed by atoms with Crippen LogP contribution in [0.15, 0.2) is 210 Å². The van der Waals surface area contributed by atoms with Crippen LogP contribution < -0.4 is 39.0 Å². The van der Waals surface area contributed by atoms with E-state index in [1.807, 2.05) is 0 Å². The zero-order valence-electron chi connectivity index (χ0n) is 75.5. The summed E-state index contributed by atoms with van der Waals surface area (Å²) < 4.78 is 88.7. The molecule has 26 heteroatoms. The van der Waals surface area contributed by atoms with Crippen LogP contribution >= 0.6 is 22.7 Å². The van der Waals surface area contributed by atoms with E-state index in [0.717, 1.165) is 55.3 Å². The van der Waals surface area contributed by atoms with Crippen molar-refractivity contribution in [2.45, 2.75) is 164 Å². The van der Waals surface area contributed by atoms with Crippen molar-refractivity contribution in [2.75, 3.05) is 161 Å². The molecule has 0 aliphatic carbocycles. The molecule has 15 rings (SSSR count). The topological polar surface area (TPSA) is 57.3 Å². The first kappa shape index (κ1) is 104. The van der Waals surface area contributed by atoms with Gasteiger partial charge in [-0.25, -0.2) is 0 Å². The Kier molecular flexibility index (Phi) is 39.1. The average Bonchev–Trinajstić information content (AvgIpc) is 1.11. The maximum Gasteiger partial charge on any atom is 0.673 e. The molecule has 126 heavy (non-hydrogen) atoms. The maximum absolute atomic E-state index is 9.75. The van der Waals surface area contributed by atoms with Gasteiger partial charge in [0.25, 0.3) is 0 Å². The van der Waals surface area contributed by atoms with E-state index >= 15 is 0 Å². The zero-order chi connectivity index (χ0) is 88.8. The van der Waals surface area contributed by atoms with Crippen LogP contribution in [-0.2, 0) is 13.1 Å². The fourth-order valence-electron chi connectivity index (χ4n) is 17.7. The van der Waals surface area contributed by atoms with Crippen LogP contribution in [0.5, 0.6) is 0 Å². The van der Waals surface area contributed by atoms with E-state index < -0.39 is 14.5 Å². The Balaban J connectivity index is 0.000000224. The number of aryl methyl sites for hydroxylation is 6. The van der Waals surface area contributed by atoms with Gasteiger partial charge in [0.15, 0.2) is 0 Å². The first-order valence-corrected chi connectivity index (χ1v) is 46.1. The minimum absolute atomic E-state index is 0. The standard InChI is InChI=1S/C30H50N4.C26H36N5S2.C25H27N3.C16H18N2.3CH4.2BF4/c1-9-33(10-2,11-3)21-19-31-27-17-15-26(8)24-30(27)32(20-22-34(12-4,13-5)14-6)28-18-16-25(7)23-29(28)31;1-5-29-21-15-9-11-17-23(21)32-25(29)27-28-26-30(22-16-10-12-18-24(22)33-26)19-13-14-20-31(6-2,7-3)8-4;1-3-11-21(12-4-1)28-24-15-7-5-13-22(24)27(23-14-6-8-16-25(23)28)20-19-26-17-9-2-10-18-26;1-11-5-7-13-15(9-11)17(3)14-8-6-12(2)10-16(14)18(13)4;;;;2*2-1(3,4)5/h15-18,23-24H,9-14,19-22H2,1-8H3;9-12,15-18H,5-8,13-14,19-20H2,1-4H3;1,3-8,11-16H,2,9-10,17-20H2;5-10H,1-4H3;3*1H4;;/q+2;+1;;;;;;2*-1/b;27-25-,28-26+;;;;;;;. The van der Waals surface area contributed by atoms with Gasteiger partial charge in [0, 0.05) is 46.0 Å². The molecule has 0 amide bonds. The summed E-state index contributed by atoms with van der Waals surface area (Å²) in [5, 5.41) is 9.53. The second-order valence-electron chi connectivity index (χ2n) is 32.6. The molecule has 1 fully saturated rings. The second-order valence-corrected chi connectivity index (χ2v) is 34.6. The number of rotatable bonds is 26. The lowest BCUT2D eigenvalue weighted by molar-refractivity contribution is -0.923. The SMILES string of the molecule is C.C.C.CC[N+](CC)(CC)CCN1c2ccc(C)cc2N(CC[N+](CC)(CC)CC)c2ccc(C)cc21.CCn1/c(=N/N=c2/sc3ccccc3n2CCCC[N+](CC)(CC)CC)sc2ccccc21.Cc1ccc2c(c1)N(C)c1ccc(C)cc1N2C.F[B-](F)(F)F.F[B-](F)(F)F.c1ccc(N2c3ccccc3N(CCN3CCCCC3)c3ccccc32)cc1. The summed E-state index contributed by atoms with van der Waals surface area (Å²) in [6.45, 7) is 55.0. The number of likely N-dealkylation sites (tertiary alicyclic amines) is 1. The highest BCUT2D eigenvalue weighted by molar-refractivity contribution is 7.16. The van der Waals surface area contributed by atoms with Crippen LogP contribution in [-0.4, -0.2) is 174 Å². The van der Waals surface area contributed by atoms with Crippen molar-refractivity contribution in [3.63, 3.8) is 0 Å². The third kappa shape index (κ3) is 26.2. The zero-order valence-corrected chi connectivity index (χ0v) is 77.1. The Morgan fingerprint density at radius 2 is 0.651 bits per heavy atom. The Morgan fingerprint density at radius 1 is 0.325 bits per heavy atom. The molecule has 686 valence electrons. The number of hydrogen-bond acceptors (Lipinski definition) is 11. The summed E-state index contributed by atoms with van der Waals surface area (Å²) >= 11 is 3.44. The smallest absolute Gasteiger partial charge is 0.418 e. The Morgan fingerprint density at radius 3 is 1.05 bits per heavy atom. The quantitative estimate of drug-likeness (QED) is 0.0176. The van der Waals surface area contributed by atoms with Crippen molar-refractivity contribution < 1.29 is 48.0 Å². The molecule has 0 atom stereocenters. The minimum Gasteiger partial charge on any atom is -0.418 e. The van der Waals surface area contributed by atoms with Crippen molar-refractivity contribution in [3.05, 3.63) is 232 Å². The van der Waals surface area contributed by atoms with Crippen LogP contribution in [0.1, 0.15) is 146 Å². The number of anilines is 13. The highest BCUT2D eigenvalue weighted by Gasteiger charge is 2.35. The van der Waals surface area contributed by atoms with Crippen LogP contribution in [0, 0.1) is 27.7 Å². The molecule has 6 heterocycles. The van der Waals surface area contributed by atoms with E-state index in [2.05, 4.69) is 355 Å². The van der Waals surface area contributed by atoms with Gasteiger partial charge >= 0.3 is 14.5 Å². The number of unbranched alkanes of at least 4 members (excludes halogenated alkanes) is 1. The molecule has 14 nitrogen and oxygen atoms in total. The van der Waals surface area contributed by atoms with Gasteiger partial charge in [-0.15, -0.1) is 10.2 Å². The van der Waals surface area contributed by atoms with Gasteiger partial charge in [-0.3, -0.25) is 0 Å². The molecule has 0 N–H and O–H groups in total. The highest BCUT2D eigenvalue weighted by atomic mass is 32.1. The lowest BCUT2D eigenvalue weighted by Crippen LogP contribution is -2.52. The van der Waals surface area contributed by atoms with Crippen molar-refractivity contribution in [3.8, 4) is 0 Å². The Labute approximate surface area is 756 Å². The summed E-state index contributed by atoms with van der Waals surface area (Å²) in [5.74, 6) is 0. The Hall–Kier alpha value is -9.43. The van der Waals surface area contributed by atoms with Gasteiger partial charge in [-0.1, -0.05) is 142 Å². The van der Waals surface area contributed by atoms with E-state index in [0.29, 0.717) is 0 Å². The maximum atomic E-state index is 9.75. The molecule has 9 aromatic carbocycles. The first-order valence-electron chi connectivity index (χ1n) is 44.5. The molecule has 2 aromatic heterocycles. The average molecular weight is 1780 g/mol. The molecule has 0 spiro atoms. The van der Waals surface area contributed by atoms with E-state index in [1.54, 1.807) is 22.7 Å². The number of fused-ring (bicyclic) bond motifs is 8. The number of halogens is 8. The van der Waals surface area contributed by atoms with Crippen molar-refractivity contribution in [1.29, 1.82) is 0 Å². The number of benzene rings is 9. The molecule has 4 aliphatic rings. The summed E-state index contributed by atoms with van der Waals surface area (Å²) in [4.78, 5) is 19.2. The largest absolute Gasteiger partial charge is 0.673 e. The van der Waals surface area contributed by atoms with Crippen molar-refractivity contribution in [2.24, 2.45) is 10.2 Å². The lowest BCUT2D eigenvalue weighted by atomic mass is 10.0. The molecule has 0 unspecified atom stereocenters. The van der Waals surface area contributed by atoms with E-state index in [1.165, 1.54) is 247 Å². The predicted octanol–water partition coefficient (Wildman–Crippen LogP) is 27.2. The summed E-state index contributed by atoms with van der Waals surface area (Å²) in [6.07, 6.45) is 6.46. The second kappa shape index (κ2) is 47.6. The molecular weight excluding hydrogens is 1630 g/mol. The molecule has 1 saturated heterocycles. The number of quaternary nitrogens is 3. The van der Waals surface area contributed by atoms with Gasteiger partial charge in [0.2, 0.25) is 9.60 Å². The number of thiazole rings is 2. The molecule has 11 aromatic rings. The van der Waals surface area contributed by atoms with Gasteiger partial charge in [-0.2, -0.15) is 0 Å². The number of para-hydroxylation sites is 7. The molecule has 0 saturated carbocycles. The fourth-order valence-corrected chi connectivity index (χ4v) is 19.7. The summed E-state index contributed by atoms with van der Waals surface area (Å²) in [6, 6.07) is 72.8. The number of aromatic nitrogens is 2. The van der Waals surface area contributed by atoms with Gasteiger partial charge < -0.3 is 91.4 Å². The van der Waals surface area contributed by atoms with Crippen LogP contribution in [0.4, 0.5) is 108 Å². The molecule has 0 radical (unpaired) electrons.